The minimum Gasteiger partial charge on any atom is -0.366 e. The molecule has 35 heavy (non-hydrogen) atoms. The first-order valence-electron chi connectivity index (χ1n) is 11.8. The summed E-state index contributed by atoms with van der Waals surface area (Å²) >= 11 is 1.68. The fraction of sp³-hybridized carbons (Fsp3) is 0.167. The fourth-order valence-corrected chi connectivity index (χ4v) is 4.98. The molecule has 0 unspecified atom stereocenters. The Morgan fingerprint density at radius 1 is 0.743 bits per heavy atom. The SMILES string of the molecule is Cc1ccc(Cc2c(C)nc(C)nc2NCc2cccc(-c3nc(-c4ccccc4)cs3)c2)cc1. The van der Waals surface area contributed by atoms with Crippen molar-refractivity contribution < 1.29 is 0 Å². The summed E-state index contributed by atoms with van der Waals surface area (Å²) < 4.78 is 0. The summed E-state index contributed by atoms with van der Waals surface area (Å²) in [6.45, 7) is 6.80. The fourth-order valence-electron chi connectivity index (χ4n) is 4.15. The Hall–Kier alpha value is -3.83. The van der Waals surface area contributed by atoms with Gasteiger partial charge < -0.3 is 5.32 Å². The lowest BCUT2D eigenvalue weighted by atomic mass is 10.0. The predicted molar refractivity (Wildman–Crippen MR) is 146 cm³/mol. The third-order valence-electron chi connectivity index (χ3n) is 6.03. The van der Waals surface area contributed by atoms with Crippen LogP contribution in [0.25, 0.3) is 21.8 Å². The summed E-state index contributed by atoms with van der Waals surface area (Å²) in [7, 11) is 0. The highest BCUT2D eigenvalue weighted by Gasteiger charge is 2.12. The first-order valence-corrected chi connectivity index (χ1v) is 12.7. The van der Waals surface area contributed by atoms with Gasteiger partial charge in [0.25, 0.3) is 0 Å². The number of aryl methyl sites for hydroxylation is 3. The van der Waals surface area contributed by atoms with Crippen LogP contribution in [-0.2, 0) is 13.0 Å². The summed E-state index contributed by atoms with van der Waals surface area (Å²) in [6.07, 6.45) is 0.802. The molecule has 0 saturated carbocycles. The Bertz CT molecular complexity index is 1440. The minimum absolute atomic E-state index is 0.682. The largest absolute Gasteiger partial charge is 0.366 e. The third kappa shape index (κ3) is 5.47. The molecule has 0 atom stereocenters. The van der Waals surface area contributed by atoms with Crippen molar-refractivity contribution in [2.45, 2.75) is 33.7 Å². The number of thiazole rings is 1. The van der Waals surface area contributed by atoms with Crippen molar-refractivity contribution >= 4 is 17.2 Å². The molecule has 0 radical (unpaired) electrons. The molecule has 174 valence electrons. The van der Waals surface area contributed by atoms with Gasteiger partial charge in [0.1, 0.15) is 16.6 Å². The van der Waals surface area contributed by atoms with Crippen LogP contribution in [0.5, 0.6) is 0 Å². The Balaban J connectivity index is 1.35. The highest BCUT2D eigenvalue weighted by Crippen LogP contribution is 2.29. The topological polar surface area (TPSA) is 50.7 Å². The van der Waals surface area contributed by atoms with Gasteiger partial charge in [0.15, 0.2) is 0 Å². The quantitative estimate of drug-likeness (QED) is 0.266. The summed E-state index contributed by atoms with van der Waals surface area (Å²) in [5.74, 6) is 1.68. The predicted octanol–water partition coefficient (Wildman–Crippen LogP) is 7.40. The highest BCUT2D eigenvalue weighted by molar-refractivity contribution is 7.13. The van der Waals surface area contributed by atoms with E-state index in [0.717, 1.165) is 51.1 Å². The molecule has 1 N–H and O–H groups in total. The van der Waals surface area contributed by atoms with E-state index in [4.69, 9.17) is 9.97 Å². The molecule has 0 aliphatic heterocycles. The molecule has 0 bridgehead atoms. The van der Waals surface area contributed by atoms with Gasteiger partial charge in [0.2, 0.25) is 0 Å². The van der Waals surface area contributed by atoms with Gasteiger partial charge in [-0.15, -0.1) is 11.3 Å². The zero-order valence-electron chi connectivity index (χ0n) is 20.2. The number of benzene rings is 3. The number of anilines is 1. The molecular weight excluding hydrogens is 448 g/mol. The Morgan fingerprint density at radius 2 is 1.51 bits per heavy atom. The molecule has 5 aromatic rings. The van der Waals surface area contributed by atoms with Crippen LogP contribution in [0, 0.1) is 20.8 Å². The van der Waals surface area contributed by atoms with Crippen molar-refractivity contribution in [3.63, 3.8) is 0 Å². The van der Waals surface area contributed by atoms with E-state index in [-0.39, 0.29) is 0 Å². The van der Waals surface area contributed by atoms with E-state index in [2.05, 4.69) is 90.2 Å². The Kier molecular flexibility index (Phi) is 6.68. The number of nitrogens with one attached hydrogen (secondary N) is 1. The molecule has 0 amide bonds. The van der Waals surface area contributed by atoms with Crippen molar-refractivity contribution in [1.82, 2.24) is 15.0 Å². The zero-order chi connectivity index (χ0) is 24.2. The van der Waals surface area contributed by atoms with Crippen LogP contribution >= 0.6 is 11.3 Å². The van der Waals surface area contributed by atoms with Crippen LogP contribution in [0.15, 0.2) is 84.2 Å². The van der Waals surface area contributed by atoms with E-state index in [0.29, 0.717) is 6.54 Å². The van der Waals surface area contributed by atoms with Gasteiger partial charge in [-0.2, -0.15) is 0 Å². The Labute approximate surface area is 210 Å². The van der Waals surface area contributed by atoms with Crippen molar-refractivity contribution in [3.8, 4) is 21.8 Å². The average molecular weight is 477 g/mol. The minimum atomic E-state index is 0.682. The number of nitrogens with zero attached hydrogens (tertiary/aromatic N) is 3. The van der Waals surface area contributed by atoms with E-state index in [1.165, 1.54) is 16.7 Å². The molecule has 0 spiro atoms. The van der Waals surface area contributed by atoms with E-state index < -0.39 is 0 Å². The molecule has 5 rings (SSSR count). The molecule has 0 saturated heterocycles. The number of hydrogen-bond acceptors (Lipinski definition) is 5. The van der Waals surface area contributed by atoms with E-state index in [9.17, 15) is 0 Å². The van der Waals surface area contributed by atoms with Gasteiger partial charge in [0.05, 0.1) is 5.69 Å². The van der Waals surface area contributed by atoms with E-state index >= 15 is 0 Å². The average Bonchev–Trinajstić information content (AvgIpc) is 3.37. The van der Waals surface area contributed by atoms with Crippen LogP contribution < -0.4 is 5.32 Å². The molecule has 2 aromatic heterocycles. The van der Waals surface area contributed by atoms with Crippen LogP contribution in [-0.4, -0.2) is 15.0 Å². The maximum Gasteiger partial charge on any atom is 0.133 e. The van der Waals surface area contributed by atoms with Gasteiger partial charge in [-0.1, -0.05) is 78.4 Å². The summed E-state index contributed by atoms with van der Waals surface area (Å²) in [5.41, 5.74) is 9.16. The van der Waals surface area contributed by atoms with Gasteiger partial charge in [-0.05, 0) is 38.0 Å². The normalized spacial score (nSPS) is 10.9. The monoisotopic (exact) mass is 476 g/mol. The summed E-state index contributed by atoms with van der Waals surface area (Å²) in [4.78, 5) is 14.3. The first-order chi connectivity index (χ1) is 17.0. The van der Waals surface area contributed by atoms with Gasteiger partial charge >= 0.3 is 0 Å². The maximum absolute atomic E-state index is 4.88. The molecule has 2 heterocycles. The lowest BCUT2D eigenvalue weighted by Gasteiger charge is -2.15. The first kappa shape index (κ1) is 22.9. The van der Waals surface area contributed by atoms with Crippen LogP contribution in [0.1, 0.15) is 33.8 Å². The molecule has 3 aromatic carbocycles. The molecule has 0 aliphatic rings. The lowest BCUT2D eigenvalue weighted by Crippen LogP contribution is -2.09. The number of aromatic nitrogens is 3. The zero-order valence-corrected chi connectivity index (χ0v) is 21.1. The van der Waals surface area contributed by atoms with E-state index in [1.54, 1.807) is 11.3 Å². The second-order valence-electron chi connectivity index (χ2n) is 8.80. The van der Waals surface area contributed by atoms with Crippen molar-refractivity contribution in [1.29, 1.82) is 0 Å². The van der Waals surface area contributed by atoms with Gasteiger partial charge in [-0.3, -0.25) is 0 Å². The number of rotatable bonds is 7. The molecule has 0 fully saturated rings. The summed E-state index contributed by atoms with van der Waals surface area (Å²) in [5, 5.41) is 6.74. The molecule has 5 heteroatoms. The highest BCUT2D eigenvalue weighted by atomic mass is 32.1. The standard InChI is InChI=1S/C30H28N4S/c1-20-12-14-23(15-13-20)17-27-21(2)32-22(3)33-29(27)31-18-24-8-7-11-26(16-24)30-34-28(19-35-30)25-9-5-4-6-10-25/h4-16,19H,17-18H2,1-3H3,(H,31,32,33). The number of hydrogen-bond donors (Lipinski definition) is 1. The third-order valence-corrected chi connectivity index (χ3v) is 6.93. The van der Waals surface area contributed by atoms with Crippen molar-refractivity contribution in [2.75, 3.05) is 5.32 Å². The van der Waals surface area contributed by atoms with E-state index in [1.807, 2.05) is 25.1 Å². The molecular formula is C30H28N4S. The van der Waals surface area contributed by atoms with Crippen molar-refractivity contribution in [3.05, 3.63) is 118 Å². The van der Waals surface area contributed by atoms with Crippen molar-refractivity contribution in [2.24, 2.45) is 0 Å². The molecule has 0 aliphatic carbocycles. The van der Waals surface area contributed by atoms with Gasteiger partial charge in [-0.25, -0.2) is 15.0 Å². The lowest BCUT2D eigenvalue weighted by molar-refractivity contribution is 0.946. The molecule has 4 nitrogen and oxygen atoms in total. The van der Waals surface area contributed by atoms with Crippen LogP contribution in [0.3, 0.4) is 0 Å². The maximum atomic E-state index is 4.88. The summed E-state index contributed by atoms with van der Waals surface area (Å²) in [6, 6.07) is 27.6. The van der Waals surface area contributed by atoms with Crippen LogP contribution in [0.2, 0.25) is 0 Å². The second-order valence-corrected chi connectivity index (χ2v) is 9.66. The smallest absolute Gasteiger partial charge is 0.133 e. The second kappa shape index (κ2) is 10.2. The van der Waals surface area contributed by atoms with Crippen LogP contribution in [0.4, 0.5) is 5.82 Å². The van der Waals surface area contributed by atoms with Gasteiger partial charge in [0, 0.05) is 40.7 Å². The Morgan fingerprint density at radius 3 is 2.31 bits per heavy atom.